The maximum atomic E-state index is 9.88. The summed E-state index contributed by atoms with van der Waals surface area (Å²) in [6.07, 6.45) is 4.00. The van der Waals surface area contributed by atoms with E-state index in [0.717, 1.165) is 47.8 Å². The van der Waals surface area contributed by atoms with Crippen LogP contribution < -0.4 is 0 Å². The van der Waals surface area contributed by atoms with E-state index in [4.69, 9.17) is 16.7 Å². The summed E-state index contributed by atoms with van der Waals surface area (Å²) in [5, 5.41) is 16.4. The van der Waals surface area contributed by atoms with Crippen molar-refractivity contribution in [2.45, 2.75) is 25.8 Å². The van der Waals surface area contributed by atoms with Crippen molar-refractivity contribution in [3.8, 4) is 0 Å². The number of hydrogen-bond acceptors (Lipinski definition) is 4. The minimum Gasteiger partial charge on any atom is -0.396 e. The van der Waals surface area contributed by atoms with Crippen LogP contribution in [0.5, 0.6) is 0 Å². The Labute approximate surface area is 160 Å². The number of likely N-dealkylation sites (tertiary alicyclic amines) is 2. The van der Waals surface area contributed by atoms with Crippen LogP contribution in [0.4, 0.5) is 0 Å². The van der Waals surface area contributed by atoms with Crippen molar-refractivity contribution in [3.63, 3.8) is 0 Å². The number of hydrogen-bond donors (Lipinski definition) is 1. The van der Waals surface area contributed by atoms with Crippen LogP contribution in [0.1, 0.15) is 25.0 Å². The number of aliphatic hydroxyl groups excluding tert-OH is 1. The summed E-state index contributed by atoms with van der Waals surface area (Å²) in [6.45, 7) is 6.60. The van der Waals surface area contributed by atoms with E-state index < -0.39 is 0 Å². The molecule has 1 aromatic carbocycles. The fourth-order valence-corrected chi connectivity index (χ4v) is 5.01. The van der Waals surface area contributed by atoms with Gasteiger partial charge in [0.05, 0.1) is 16.2 Å². The Balaban J connectivity index is 1.47. The Bertz CT molecular complexity index is 756. The SMILES string of the molecule is Cn1nc(CN2C[C@@H](CN3CCCCC3)[C@@H](CO)C2)c2c(Cl)cccc21. The predicted molar refractivity (Wildman–Crippen MR) is 105 cm³/mol. The lowest BCUT2D eigenvalue weighted by molar-refractivity contribution is 0.149. The van der Waals surface area contributed by atoms with Gasteiger partial charge in [-0.05, 0) is 49.9 Å². The average Bonchev–Trinajstić information content (AvgIpc) is 3.17. The van der Waals surface area contributed by atoms with E-state index in [1.165, 1.54) is 32.4 Å². The van der Waals surface area contributed by atoms with Gasteiger partial charge in [0.15, 0.2) is 0 Å². The first kappa shape index (κ1) is 18.2. The van der Waals surface area contributed by atoms with Gasteiger partial charge in [0.2, 0.25) is 0 Å². The zero-order valence-electron chi connectivity index (χ0n) is 15.6. The van der Waals surface area contributed by atoms with Crippen LogP contribution in [0.25, 0.3) is 10.9 Å². The summed E-state index contributed by atoms with van der Waals surface area (Å²) in [7, 11) is 1.97. The molecule has 0 bridgehead atoms. The lowest BCUT2D eigenvalue weighted by atomic mass is 9.95. The first-order chi connectivity index (χ1) is 12.7. The molecule has 1 aromatic heterocycles. The van der Waals surface area contributed by atoms with Crippen molar-refractivity contribution in [1.82, 2.24) is 19.6 Å². The van der Waals surface area contributed by atoms with Crippen molar-refractivity contribution in [2.24, 2.45) is 18.9 Å². The van der Waals surface area contributed by atoms with Gasteiger partial charge in [0.1, 0.15) is 0 Å². The van der Waals surface area contributed by atoms with Gasteiger partial charge in [-0.25, -0.2) is 0 Å². The molecule has 0 unspecified atom stereocenters. The van der Waals surface area contributed by atoms with Gasteiger partial charge in [0, 0.05) is 45.2 Å². The largest absolute Gasteiger partial charge is 0.396 e. The number of piperidine rings is 1. The fourth-order valence-electron chi connectivity index (χ4n) is 4.73. The maximum Gasteiger partial charge on any atom is 0.0858 e. The normalized spacial score (nSPS) is 25.3. The van der Waals surface area contributed by atoms with E-state index in [9.17, 15) is 5.11 Å². The molecule has 0 spiro atoms. The summed E-state index contributed by atoms with van der Waals surface area (Å²) in [5.74, 6) is 0.908. The van der Waals surface area contributed by atoms with Crippen LogP contribution in [0.15, 0.2) is 18.2 Å². The van der Waals surface area contributed by atoms with E-state index in [1.807, 2.05) is 23.9 Å². The van der Waals surface area contributed by atoms with Gasteiger partial charge in [-0.2, -0.15) is 5.10 Å². The Hall–Kier alpha value is -1.14. The van der Waals surface area contributed by atoms with Crippen LogP contribution in [0.2, 0.25) is 5.02 Å². The summed E-state index contributed by atoms with van der Waals surface area (Å²) in [4.78, 5) is 5.04. The van der Waals surface area contributed by atoms with Gasteiger partial charge < -0.3 is 10.0 Å². The molecule has 2 aromatic rings. The highest BCUT2D eigenvalue weighted by Gasteiger charge is 2.34. The lowest BCUT2D eigenvalue weighted by Crippen LogP contribution is -2.37. The number of halogens is 1. The second-order valence-corrected chi connectivity index (χ2v) is 8.37. The van der Waals surface area contributed by atoms with Crippen molar-refractivity contribution >= 4 is 22.5 Å². The summed E-state index contributed by atoms with van der Waals surface area (Å²) in [5.41, 5.74) is 2.12. The third kappa shape index (κ3) is 3.63. The summed E-state index contributed by atoms with van der Waals surface area (Å²) < 4.78 is 1.92. The molecule has 0 aliphatic carbocycles. The zero-order chi connectivity index (χ0) is 18.1. The van der Waals surface area contributed by atoms with E-state index >= 15 is 0 Å². The van der Waals surface area contributed by atoms with Crippen molar-refractivity contribution in [1.29, 1.82) is 0 Å². The van der Waals surface area contributed by atoms with E-state index in [-0.39, 0.29) is 6.61 Å². The molecule has 2 aliphatic heterocycles. The zero-order valence-corrected chi connectivity index (χ0v) is 16.3. The third-order valence-electron chi connectivity index (χ3n) is 6.10. The number of nitrogens with zero attached hydrogens (tertiary/aromatic N) is 4. The molecule has 0 radical (unpaired) electrons. The fraction of sp³-hybridized carbons (Fsp3) is 0.650. The topological polar surface area (TPSA) is 44.5 Å². The molecule has 2 aliphatic rings. The predicted octanol–water partition coefficient (Wildman–Crippen LogP) is 2.75. The highest BCUT2D eigenvalue weighted by Crippen LogP contribution is 2.30. The van der Waals surface area contributed by atoms with Crippen molar-refractivity contribution in [3.05, 3.63) is 28.9 Å². The van der Waals surface area contributed by atoms with Crippen LogP contribution in [-0.4, -0.2) is 64.0 Å². The molecule has 0 saturated carbocycles. The third-order valence-corrected chi connectivity index (χ3v) is 6.42. The molecule has 2 saturated heterocycles. The van der Waals surface area contributed by atoms with Crippen molar-refractivity contribution < 1.29 is 5.11 Å². The molecular weight excluding hydrogens is 348 g/mol. The quantitative estimate of drug-likeness (QED) is 0.871. The molecular formula is C20H29ClN4O. The lowest BCUT2D eigenvalue weighted by Gasteiger charge is -2.30. The number of aliphatic hydroxyl groups is 1. The molecule has 26 heavy (non-hydrogen) atoms. The standard InChI is InChI=1S/C20H29ClN4O/c1-23-19-7-5-6-17(21)20(19)18(22-23)13-25-11-15(16(12-25)14-26)10-24-8-3-2-4-9-24/h5-7,15-16,26H,2-4,8-14H2,1H3/t15-,16-/m1/s1. The van der Waals surface area contributed by atoms with Crippen molar-refractivity contribution in [2.75, 3.05) is 39.3 Å². The summed E-state index contributed by atoms with van der Waals surface area (Å²) >= 11 is 6.46. The highest BCUT2D eigenvalue weighted by atomic mass is 35.5. The second kappa shape index (κ2) is 7.85. The Morgan fingerprint density at radius 2 is 1.88 bits per heavy atom. The van der Waals surface area contributed by atoms with Crippen LogP contribution in [-0.2, 0) is 13.6 Å². The molecule has 2 fully saturated rings. The average molecular weight is 377 g/mol. The van der Waals surface area contributed by atoms with Gasteiger partial charge in [-0.15, -0.1) is 0 Å². The number of benzene rings is 1. The molecule has 4 rings (SSSR count). The Kier molecular flexibility index (Phi) is 5.50. The monoisotopic (exact) mass is 376 g/mol. The van der Waals surface area contributed by atoms with Crippen LogP contribution in [0.3, 0.4) is 0 Å². The van der Waals surface area contributed by atoms with Gasteiger partial charge in [-0.3, -0.25) is 9.58 Å². The molecule has 142 valence electrons. The smallest absolute Gasteiger partial charge is 0.0858 e. The molecule has 6 heteroatoms. The molecule has 2 atom stereocenters. The maximum absolute atomic E-state index is 9.88. The van der Waals surface area contributed by atoms with Gasteiger partial charge in [0.25, 0.3) is 0 Å². The first-order valence-electron chi connectivity index (χ1n) is 9.81. The second-order valence-electron chi connectivity index (χ2n) is 7.96. The minimum absolute atomic E-state index is 0.277. The molecule has 3 heterocycles. The molecule has 0 amide bonds. The summed E-state index contributed by atoms with van der Waals surface area (Å²) in [6, 6.07) is 5.98. The van der Waals surface area contributed by atoms with E-state index in [2.05, 4.69) is 15.9 Å². The Morgan fingerprint density at radius 1 is 1.12 bits per heavy atom. The van der Waals surface area contributed by atoms with Gasteiger partial charge >= 0.3 is 0 Å². The number of fused-ring (bicyclic) bond motifs is 1. The van der Waals surface area contributed by atoms with E-state index in [1.54, 1.807) is 0 Å². The molecule has 1 N–H and O–H groups in total. The number of aromatic nitrogens is 2. The highest BCUT2D eigenvalue weighted by molar-refractivity contribution is 6.35. The van der Waals surface area contributed by atoms with Gasteiger partial charge in [-0.1, -0.05) is 24.1 Å². The van der Waals surface area contributed by atoms with Crippen LogP contribution in [0, 0.1) is 11.8 Å². The minimum atomic E-state index is 0.277. The van der Waals surface area contributed by atoms with E-state index in [0.29, 0.717) is 11.8 Å². The first-order valence-corrected chi connectivity index (χ1v) is 10.2. The Morgan fingerprint density at radius 3 is 2.65 bits per heavy atom. The molecule has 5 nitrogen and oxygen atoms in total. The van der Waals surface area contributed by atoms with Crippen LogP contribution >= 0.6 is 11.6 Å². The number of rotatable bonds is 5. The number of aryl methyl sites for hydroxylation is 1.